The zero-order valence-electron chi connectivity index (χ0n) is 18.2. The molecule has 0 fully saturated rings. The number of hydrogen-bond acceptors (Lipinski definition) is 7. The maximum Gasteiger partial charge on any atom is 0.338 e. The lowest BCUT2D eigenvalue weighted by Crippen LogP contribution is -2.45. The topological polar surface area (TPSA) is 95.1 Å². The van der Waals surface area contributed by atoms with E-state index in [1.807, 2.05) is 30.3 Å². The number of allylic oxidation sites excluding steroid dienone is 1. The summed E-state index contributed by atoms with van der Waals surface area (Å²) in [5, 5.41) is 6.42. The molecule has 9 heteroatoms. The van der Waals surface area contributed by atoms with Crippen molar-refractivity contribution in [3.63, 3.8) is 0 Å². The van der Waals surface area contributed by atoms with E-state index in [1.165, 1.54) is 21.1 Å². The molecule has 1 atom stereocenters. The largest absolute Gasteiger partial charge is 0.493 e. The summed E-state index contributed by atoms with van der Waals surface area (Å²) < 4.78 is 21.6. The molecule has 1 unspecified atom stereocenters. The Labute approximate surface area is 191 Å². The van der Waals surface area contributed by atoms with Gasteiger partial charge in [0.05, 0.1) is 25.8 Å². The summed E-state index contributed by atoms with van der Waals surface area (Å²) in [4.78, 5) is 24.6. The fraction of sp³-hybridized carbons (Fsp3) is 0.261. The van der Waals surface area contributed by atoms with Gasteiger partial charge in [-0.15, -0.1) is 0 Å². The van der Waals surface area contributed by atoms with Crippen molar-refractivity contribution in [3.8, 4) is 17.2 Å². The van der Waals surface area contributed by atoms with Gasteiger partial charge in [0, 0.05) is 12.6 Å². The van der Waals surface area contributed by atoms with Crippen LogP contribution < -0.4 is 24.8 Å². The predicted octanol–water partition coefficient (Wildman–Crippen LogP) is 3.17. The van der Waals surface area contributed by atoms with E-state index >= 15 is 0 Å². The highest BCUT2D eigenvalue weighted by Gasteiger charge is 2.32. The molecular weight excluding hydrogens is 432 g/mol. The Hall–Kier alpha value is -3.59. The molecule has 1 aliphatic heterocycles. The zero-order chi connectivity index (χ0) is 23.3. The van der Waals surface area contributed by atoms with Gasteiger partial charge in [-0.05, 0) is 42.4 Å². The van der Waals surface area contributed by atoms with Crippen LogP contribution in [0.4, 0.5) is 0 Å². The fourth-order valence-electron chi connectivity index (χ4n) is 3.33. The molecule has 2 aromatic rings. The van der Waals surface area contributed by atoms with Crippen molar-refractivity contribution < 1.29 is 28.5 Å². The monoisotopic (exact) mass is 456 g/mol. The Morgan fingerprint density at radius 2 is 1.69 bits per heavy atom. The van der Waals surface area contributed by atoms with Crippen LogP contribution in [-0.4, -0.2) is 31.3 Å². The number of ether oxygens (including phenoxy) is 4. The maximum atomic E-state index is 13.1. The number of nitrogens with one attached hydrogen (secondary N) is 2. The Morgan fingerprint density at radius 3 is 2.25 bits per heavy atom. The third-order valence-corrected chi connectivity index (χ3v) is 4.98. The Bertz CT molecular complexity index is 1040. The quantitative estimate of drug-likeness (QED) is 0.370. The number of carbonyl (C=O) groups is 2. The molecule has 32 heavy (non-hydrogen) atoms. The van der Waals surface area contributed by atoms with E-state index < -0.39 is 18.0 Å². The van der Waals surface area contributed by atoms with Gasteiger partial charge in [0.25, 0.3) is 0 Å². The summed E-state index contributed by atoms with van der Waals surface area (Å²) in [5.74, 6) is -0.320. The molecule has 3 rings (SSSR count). The summed E-state index contributed by atoms with van der Waals surface area (Å²) in [6.45, 7) is 3.17. The first-order chi connectivity index (χ1) is 15.3. The summed E-state index contributed by atoms with van der Waals surface area (Å²) in [6, 6.07) is 12.1. The average molecular weight is 457 g/mol. The van der Waals surface area contributed by atoms with Crippen LogP contribution in [0.3, 0.4) is 0 Å². The van der Waals surface area contributed by atoms with Crippen molar-refractivity contribution in [1.82, 2.24) is 10.6 Å². The van der Waals surface area contributed by atoms with E-state index in [0.29, 0.717) is 21.9 Å². The minimum atomic E-state index is -0.638. The van der Waals surface area contributed by atoms with E-state index in [4.69, 9.17) is 31.2 Å². The van der Waals surface area contributed by atoms with Crippen molar-refractivity contribution in [2.24, 2.45) is 0 Å². The number of thiocarbonyl (C=S) groups is 1. The van der Waals surface area contributed by atoms with Gasteiger partial charge in [0.1, 0.15) is 6.61 Å². The van der Waals surface area contributed by atoms with Crippen molar-refractivity contribution >= 4 is 29.3 Å². The van der Waals surface area contributed by atoms with E-state index in [1.54, 1.807) is 19.1 Å². The van der Waals surface area contributed by atoms with E-state index in [-0.39, 0.29) is 23.9 Å². The molecule has 0 amide bonds. The number of hydrogen-bond donors (Lipinski definition) is 2. The first-order valence-corrected chi connectivity index (χ1v) is 10.2. The van der Waals surface area contributed by atoms with Crippen LogP contribution in [-0.2, 0) is 20.9 Å². The predicted molar refractivity (Wildman–Crippen MR) is 121 cm³/mol. The lowest BCUT2D eigenvalue weighted by atomic mass is 9.95. The average Bonchev–Trinajstić information content (AvgIpc) is 2.77. The number of esters is 2. The van der Waals surface area contributed by atoms with Crippen molar-refractivity contribution in [1.29, 1.82) is 0 Å². The second-order valence-electron chi connectivity index (χ2n) is 6.98. The highest BCUT2D eigenvalue weighted by molar-refractivity contribution is 7.80. The normalized spacial score (nSPS) is 15.4. The number of benzene rings is 2. The van der Waals surface area contributed by atoms with E-state index in [2.05, 4.69) is 10.6 Å². The summed E-state index contributed by atoms with van der Waals surface area (Å²) in [5.41, 5.74) is 2.42. The Balaban J connectivity index is 1.98. The highest BCUT2D eigenvalue weighted by Crippen LogP contribution is 2.42. The third-order valence-electron chi connectivity index (χ3n) is 4.76. The van der Waals surface area contributed by atoms with Gasteiger partial charge in [-0.1, -0.05) is 30.3 Å². The van der Waals surface area contributed by atoms with Crippen LogP contribution in [0.25, 0.3) is 0 Å². The maximum absolute atomic E-state index is 13.1. The molecule has 0 spiro atoms. The highest BCUT2D eigenvalue weighted by atomic mass is 32.1. The van der Waals surface area contributed by atoms with E-state index in [0.717, 1.165) is 5.56 Å². The van der Waals surface area contributed by atoms with Gasteiger partial charge < -0.3 is 29.6 Å². The van der Waals surface area contributed by atoms with Crippen molar-refractivity contribution in [3.05, 3.63) is 64.9 Å². The fourth-order valence-corrected chi connectivity index (χ4v) is 3.60. The molecule has 0 saturated carbocycles. The van der Waals surface area contributed by atoms with Crippen molar-refractivity contribution in [2.75, 3.05) is 14.2 Å². The van der Waals surface area contributed by atoms with Gasteiger partial charge in [0.2, 0.25) is 5.75 Å². The Morgan fingerprint density at radius 1 is 1.06 bits per heavy atom. The molecule has 2 aromatic carbocycles. The third kappa shape index (κ3) is 5.17. The first-order valence-electron chi connectivity index (χ1n) is 9.77. The van der Waals surface area contributed by atoms with Crippen LogP contribution in [0, 0.1) is 0 Å². The number of rotatable bonds is 7. The van der Waals surface area contributed by atoms with Crippen LogP contribution in [0.1, 0.15) is 31.0 Å². The van der Waals surface area contributed by atoms with Gasteiger partial charge in [0.15, 0.2) is 16.6 Å². The van der Waals surface area contributed by atoms with Crippen molar-refractivity contribution in [2.45, 2.75) is 26.5 Å². The molecule has 0 radical (unpaired) electrons. The molecule has 0 saturated heterocycles. The molecule has 1 heterocycles. The minimum absolute atomic E-state index is 0.131. The minimum Gasteiger partial charge on any atom is -0.493 e. The van der Waals surface area contributed by atoms with Crippen LogP contribution in [0.2, 0.25) is 0 Å². The summed E-state index contributed by atoms with van der Waals surface area (Å²) >= 11 is 5.31. The van der Waals surface area contributed by atoms with Gasteiger partial charge in [-0.25, -0.2) is 4.79 Å². The molecular formula is C23H24N2O6S. The second kappa shape index (κ2) is 10.1. The van der Waals surface area contributed by atoms with E-state index in [9.17, 15) is 9.59 Å². The van der Waals surface area contributed by atoms with Gasteiger partial charge in [-0.2, -0.15) is 0 Å². The SMILES string of the molecule is COc1cc(C2NC(=S)NC(C)=C2C(=O)OCc2ccccc2)cc(OC)c1OC(C)=O. The molecule has 0 bridgehead atoms. The van der Waals surface area contributed by atoms with Crippen LogP contribution in [0.5, 0.6) is 17.2 Å². The van der Waals surface area contributed by atoms with Gasteiger partial charge in [-0.3, -0.25) is 4.79 Å². The molecule has 8 nitrogen and oxygen atoms in total. The lowest BCUT2D eigenvalue weighted by Gasteiger charge is -2.30. The molecule has 0 aromatic heterocycles. The zero-order valence-corrected chi connectivity index (χ0v) is 19.0. The first kappa shape index (κ1) is 23.1. The smallest absolute Gasteiger partial charge is 0.338 e. The van der Waals surface area contributed by atoms with Crippen LogP contribution in [0.15, 0.2) is 53.7 Å². The molecule has 168 valence electrons. The summed E-state index contributed by atoms with van der Waals surface area (Å²) in [6.07, 6.45) is 0. The number of carbonyl (C=O) groups excluding carboxylic acids is 2. The number of methoxy groups -OCH3 is 2. The second-order valence-corrected chi connectivity index (χ2v) is 7.39. The standard InChI is InChI=1S/C23H24N2O6S/c1-13-19(22(27)30-12-15-8-6-5-7-9-15)20(25-23(32)24-13)16-10-17(28-3)21(31-14(2)26)18(11-16)29-4/h5-11,20H,12H2,1-4H3,(H2,24,25,32). The molecule has 0 aliphatic carbocycles. The summed E-state index contributed by atoms with van der Waals surface area (Å²) in [7, 11) is 2.89. The Kier molecular flexibility index (Phi) is 7.32. The molecule has 1 aliphatic rings. The van der Waals surface area contributed by atoms with Gasteiger partial charge >= 0.3 is 11.9 Å². The lowest BCUT2D eigenvalue weighted by molar-refractivity contribution is -0.140. The van der Waals surface area contributed by atoms with Crippen LogP contribution >= 0.6 is 12.2 Å². The molecule has 2 N–H and O–H groups in total.